The minimum atomic E-state index is -0.635. The van der Waals surface area contributed by atoms with Crippen molar-refractivity contribution in [2.75, 3.05) is 13.2 Å². The molecule has 2 aromatic carbocycles. The fourth-order valence-corrected chi connectivity index (χ4v) is 2.82. The van der Waals surface area contributed by atoms with Crippen molar-refractivity contribution in [1.29, 1.82) is 0 Å². The Morgan fingerprint density at radius 1 is 1.07 bits per heavy atom. The summed E-state index contributed by atoms with van der Waals surface area (Å²) in [5, 5.41) is 3.47. The van der Waals surface area contributed by atoms with Crippen molar-refractivity contribution in [2.24, 2.45) is 5.92 Å². The lowest BCUT2D eigenvalue weighted by molar-refractivity contribution is -0.142. The second-order valence-electron chi connectivity index (χ2n) is 7.07. The molecular weight excluding hydrogens is 376 g/mol. The Kier molecular flexibility index (Phi) is 8.33. The monoisotopic (exact) mass is 402 g/mol. The van der Waals surface area contributed by atoms with Crippen molar-refractivity contribution >= 4 is 23.4 Å². The standard InChI is InChI=1S/C22H27ClN2O3/c1-16(2)13-24-22(27)17(3)25(14-18-8-7-9-19(23)12-18)21(26)15-28-20-10-5-4-6-11-20/h4-12,16-17H,13-15H2,1-3H3,(H,24,27)/t17-/m0/s1. The molecule has 0 aliphatic carbocycles. The summed E-state index contributed by atoms with van der Waals surface area (Å²) in [5.74, 6) is 0.477. The van der Waals surface area contributed by atoms with E-state index in [4.69, 9.17) is 16.3 Å². The van der Waals surface area contributed by atoms with E-state index in [1.54, 1.807) is 31.2 Å². The molecule has 6 heteroatoms. The van der Waals surface area contributed by atoms with E-state index in [1.807, 2.05) is 44.2 Å². The van der Waals surface area contributed by atoms with Crippen LogP contribution in [0.3, 0.4) is 0 Å². The first-order valence-electron chi connectivity index (χ1n) is 9.36. The van der Waals surface area contributed by atoms with Crippen LogP contribution in [0.1, 0.15) is 26.3 Å². The number of para-hydroxylation sites is 1. The number of carbonyl (C=O) groups is 2. The first-order valence-corrected chi connectivity index (χ1v) is 9.74. The van der Waals surface area contributed by atoms with Crippen LogP contribution >= 0.6 is 11.6 Å². The van der Waals surface area contributed by atoms with E-state index in [9.17, 15) is 9.59 Å². The fourth-order valence-electron chi connectivity index (χ4n) is 2.61. The number of hydrogen-bond acceptors (Lipinski definition) is 3. The molecule has 1 N–H and O–H groups in total. The van der Waals surface area contributed by atoms with Crippen LogP contribution in [0, 0.1) is 5.92 Å². The zero-order chi connectivity index (χ0) is 20.5. The van der Waals surface area contributed by atoms with Crippen molar-refractivity contribution in [3.05, 3.63) is 65.2 Å². The lowest BCUT2D eigenvalue weighted by atomic mass is 10.1. The number of ether oxygens (including phenoxy) is 1. The van der Waals surface area contributed by atoms with Crippen LogP contribution in [0.25, 0.3) is 0 Å². The number of nitrogens with one attached hydrogen (secondary N) is 1. The molecule has 28 heavy (non-hydrogen) atoms. The molecule has 0 saturated heterocycles. The number of hydrogen-bond donors (Lipinski definition) is 1. The van der Waals surface area contributed by atoms with Gasteiger partial charge in [-0.25, -0.2) is 0 Å². The molecule has 2 aromatic rings. The van der Waals surface area contributed by atoms with E-state index in [-0.39, 0.29) is 25.0 Å². The summed E-state index contributed by atoms with van der Waals surface area (Å²) in [6, 6.07) is 15.8. The lowest BCUT2D eigenvalue weighted by Crippen LogP contribution is -2.49. The largest absolute Gasteiger partial charge is 0.484 e. The van der Waals surface area contributed by atoms with Crippen molar-refractivity contribution in [3.8, 4) is 5.75 Å². The van der Waals surface area contributed by atoms with Crippen LogP contribution in [0.15, 0.2) is 54.6 Å². The van der Waals surface area contributed by atoms with Gasteiger partial charge in [0.15, 0.2) is 6.61 Å². The van der Waals surface area contributed by atoms with E-state index in [0.29, 0.717) is 23.2 Å². The predicted molar refractivity (Wildman–Crippen MR) is 111 cm³/mol. The molecule has 5 nitrogen and oxygen atoms in total. The molecule has 0 aliphatic heterocycles. The molecule has 1 atom stereocenters. The van der Waals surface area contributed by atoms with Gasteiger partial charge in [0.2, 0.25) is 5.91 Å². The van der Waals surface area contributed by atoms with Crippen LogP contribution in [-0.2, 0) is 16.1 Å². The molecule has 0 spiro atoms. The van der Waals surface area contributed by atoms with Crippen LogP contribution in [0.4, 0.5) is 0 Å². The van der Waals surface area contributed by atoms with Gasteiger partial charge in [-0.3, -0.25) is 9.59 Å². The van der Waals surface area contributed by atoms with Crippen LogP contribution in [0.5, 0.6) is 5.75 Å². The summed E-state index contributed by atoms with van der Waals surface area (Å²) < 4.78 is 5.59. The molecule has 0 radical (unpaired) electrons. The summed E-state index contributed by atoms with van der Waals surface area (Å²) in [7, 11) is 0. The summed E-state index contributed by atoms with van der Waals surface area (Å²) in [4.78, 5) is 26.9. The van der Waals surface area contributed by atoms with Gasteiger partial charge in [0.25, 0.3) is 5.91 Å². The normalized spacial score (nSPS) is 11.8. The van der Waals surface area contributed by atoms with E-state index in [1.165, 1.54) is 4.90 Å². The molecule has 2 rings (SSSR count). The minimum Gasteiger partial charge on any atom is -0.484 e. The van der Waals surface area contributed by atoms with Crippen molar-refractivity contribution < 1.29 is 14.3 Å². The van der Waals surface area contributed by atoms with Crippen LogP contribution < -0.4 is 10.1 Å². The van der Waals surface area contributed by atoms with Gasteiger partial charge in [0.05, 0.1) is 0 Å². The van der Waals surface area contributed by atoms with Gasteiger partial charge < -0.3 is 15.0 Å². The average molecular weight is 403 g/mol. The second-order valence-corrected chi connectivity index (χ2v) is 7.50. The minimum absolute atomic E-state index is 0.146. The van der Waals surface area contributed by atoms with Gasteiger partial charge in [0, 0.05) is 18.1 Å². The Bertz CT molecular complexity index is 780. The Labute approximate surface area is 171 Å². The Balaban J connectivity index is 2.11. The zero-order valence-electron chi connectivity index (χ0n) is 16.5. The van der Waals surface area contributed by atoms with E-state index >= 15 is 0 Å². The molecular formula is C22H27ClN2O3. The topological polar surface area (TPSA) is 58.6 Å². The summed E-state index contributed by atoms with van der Waals surface area (Å²) in [6.07, 6.45) is 0. The highest BCUT2D eigenvalue weighted by atomic mass is 35.5. The third-order valence-corrected chi connectivity index (χ3v) is 4.43. The van der Waals surface area contributed by atoms with Crippen LogP contribution in [0.2, 0.25) is 5.02 Å². The summed E-state index contributed by atoms with van der Waals surface area (Å²) in [6.45, 7) is 6.45. The number of nitrogens with zero attached hydrogens (tertiary/aromatic N) is 1. The number of benzene rings is 2. The average Bonchev–Trinajstić information content (AvgIpc) is 2.68. The number of amides is 2. The van der Waals surface area contributed by atoms with E-state index in [0.717, 1.165) is 5.56 Å². The quantitative estimate of drug-likeness (QED) is 0.691. The van der Waals surface area contributed by atoms with Gasteiger partial charge in [-0.05, 0) is 42.7 Å². The highest BCUT2D eigenvalue weighted by Crippen LogP contribution is 2.16. The lowest BCUT2D eigenvalue weighted by Gasteiger charge is -2.29. The van der Waals surface area contributed by atoms with Gasteiger partial charge >= 0.3 is 0 Å². The maximum Gasteiger partial charge on any atom is 0.261 e. The maximum absolute atomic E-state index is 12.9. The molecule has 2 amide bonds. The molecule has 0 heterocycles. The smallest absolute Gasteiger partial charge is 0.261 e. The van der Waals surface area contributed by atoms with E-state index < -0.39 is 6.04 Å². The number of halogens is 1. The highest BCUT2D eigenvalue weighted by molar-refractivity contribution is 6.30. The molecule has 0 unspecified atom stereocenters. The number of carbonyl (C=O) groups excluding carboxylic acids is 2. The zero-order valence-corrected chi connectivity index (χ0v) is 17.3. The van der Waals surface area contributed by atoms with Crippen molar-refractivity contribution in [3.63, 3.8) is 0 Å². The molecule has 0 saturated carbocycles. The highest BCUT2D eigenvalue weighted by Gasteiger charge is 2.26. The van der Waals surface area contributed by atoms with E-state index in [2.05, 4.69) is 5.32 Å². The maximum atomic E-state index is 12.9. The third-order valence-electron chi connectivity index (χ3n) is 4.20. The molecule has 0 aliphatic rings. The molecule has 0 bridgehead atoms. The first kappa shape index (κ1) is 21.8. The molecule has 0 fully saturated rings. The molecule has 150 valence electrons. The first-order chi connectivity index (χ1) is 13.4. The molecule has 0 aromatic heterocycles. The SMILES string of the molecule is CC(C)CNC(=O)[C@H](C)N(Cc1cccc(Cl)c1)C(=O)COc1ccccc1. The third kappa shape index (κ3) is 6.89. The summed E-state index contributed by atoms with van der Waals surface area (Å²) >= 11 is 6.07. The second kappa shape index (κ2) is 10.7. The van der Waals surface area contributed by atoms with Gasteiger partial charge in [-0.2, -0.15) is 0 Å². The van der Waals surface area contributed by atoms with Gasteiger partial charge in [-0.15, -0.1) is 0 Å². The Morgan fingerprint density at radius 2 is 1.79 bits per heavy atom. The van der Waals surface area contributed by atoms with Crippen molar-refractivity contribution in [2.45, 2.75) is 33.4 Å². The Hall–Kier alpha value is -2.53. The fraction of sp³-hybridized carbons (Fsp3) is 0.364. The predicted octanol–water partition coefficient (Wildman–Crippen LogP) is 3.91. The van der Waals surface area contributed by atoms with Gasteiger partial charge in [-0.1, -0.05) is 55.8 Å². The summed E-state index contributed by atoms with van der Waals surface area (Å²) in [5.41, 5.74) is 0.851. The van der Waals surface area contributed by atoms with Crippen molar-refractivity contribution in [1.82, 2.24) is 10.2 Å². The van der Waals surface area contributed by atoms with Crippen LogP contribution in [-0.4, -0.2) is 35.9 Å². The van der Waals surface area contributed by atoms with Gasteiger partial charge in [0.1, 0.15) is 11.8 Å². The number of rotatable bonds is 9. The Morgan fingerprint density at radius 3 is 2.43 bits per heavy atom.